The van der Waals surface area contributed by atoms with Crippen molar-refractivity contribution in [2.75, 3.05) is 19.8 Å². The summed E-state index contributed by atoms with van der Waals surface area (Å²) in [6.07, 6.45) is -34.2. The van der Waals surface area contributed by atoms with Crippen LogP contribution in [0.25, 0.3) is 0 Å². The van der Waals surface area contributed by atoms with Crippen molar-refractivity contribution in [2.45, 2.75) is 123 Å². The Morgan fingerprint density at radius 1 is 0.565 bits per heavy atom. The number of ether oxygens (including phenoxy) is 7. The van der Waals surface area contributed by atoms with Crippen molar-refractivity contribution in [1.29, 1.82) is 0 Å². The predicted molar refractivity (Wildman–Crippen MR) is 136 cm³/mol. The summed E-state index contributed by atoms with van der Waals surface area (Å²) in [5, 5.41) is 131. The highest BCUT2D eigenvalue weighted by molar-refractivity contribution is 5.73. The van der Waals surface area contributed by atoms with Crippen LogP contribution in [0.1, 0.15) is 0 Å². The number of carboxylic acid groups (broad SMARTS) is 1. The molecule has 4 saturated heterocycles. The number of hydrogen-bond acceptors (Lipinski definition) is 21. The third-order valence-corrected chi connectivity index (χ3v) is 8.23. The number of aliphatic carboxylic acids is 1. The molecule has 4 aliphatic rings. The van der Waals surface area contributed by atoms with Gasteiger partial charge in [0.05, 0.1) is 25.9 Å². The lowest BCUT2D eigenvalue weighted by atomic mass is 9.95. The van der Waals surface area contributed by atoms with Crippen molar-refractivity contribution in [3.05, 3.63) is 0 Å². The van der Waals surface area contributed by atoms with Gasteiger partial charge in [-0.25, -0.2) is 4.79 Å². The Morgan fingerprint density at radius 3 is 1.70 bits per heavy atom. The van der Waals surface area contributed by atoms with Crippen molar-refractivity contribution in [3.8, 4) is 0 Å². The third kappa shape index (κ3) is 7.46. The molecule has 4 heterocycles. The van der Waals surface area contributed by atoms with Crippen LogP contribution in [-0.4, -0.2) is 215 Å². The SMILES string of the molecule is N[C@H]1[C@@H](O[C@H]2[C@H](O)[C@@H](O)[C@@H](O)O[C@@H]2C(=O)O)O[C@H](CO[C@H]2O[C@H](CO)[C@H](O[C@H]3O[C@H](CO)[C@@H](O)[C@H](O)[C@H]3O)[C@H](O)[C@H]2O)[C@@H](O)[C@@H]1O. The van der Waals surface area contributed by atoms with Gasteiger partial charge in [0, 0.05) is 0 Å². The van der Waals surface area contributed by atoms with Gasteiger partial charge in [-0.1, -0.05) is 0 Å². The molecule has 0 bridgehead atoms. The zero-order valence-corrected chi connectivity index (χ0v) is 23.8. The summed E-state index contributed by atoms with van der Waals surface area (Å²) in [6, 6.07) is -1.56. The van der Waals surface area contributed by atoms with Gasteiger partial charge < -0.3 is 105 Å². The molecule has 0 unspecified atom stereocenters. The van der Waals surface area contributed by atoms with E-state index in [2.05, 4.69) is 0 Å². The predicted octanol–water partition coefficient (Wildman–Crippen LogP) is -9.69. The second-order valence-electron chi connectivity index (χ2n) is 11.3. The summed E-state index contributed by atoms with van der Waals surface area (Å²) in [5.41, 5.74) is 5.88. The van der Waals surface area contributed by atoms with E-state index in [1.54, 1.807) is 0 Å². The van der Waals surface area contributed by atoms with Gasteiger partial charge in [-0.2, -0.15) is 0 Å². The molecule has 0 spiro atoms. The van der Waals surface area contributed by atoms with Crippen LogP contribution in [0, 0.1) is 0 Å². The average Bonchev–Trinajstić information content (AvgIpc) is 3.03. The first-order valence-electron chi connectivity index (χ1n) is 14.2. The summed E-state index contributed by atoms with van der Waals surface area (Å²) in [6.45, 7) is -2.38. The molecular formula is C24H41NO21. The molecule has 22 nitrogen and oxygen atoms in total. The molecule has 268 valence electrons. The molecule has 0 aliphatic carbocycles. The van der Waals surface area contributed by atoms with Crippen molar-refractivity contribution < 1.29 is 104 Å². The van der Waals surface area contributed by atoms with Crippen LogP contribution >= 0.6 is 0 Å². The second kappa shape index (κ2) is 15.5. The quantitative estimate of drug-likeness (QED) is 0.102. The van der Waals surface area contributed by atoms with Crippen molar-refractivity contribution in [2.24, 2.45) is 5.73 Å². The number of aliphatic hydroxyl groups is 12. The zero-order chi connectivity index (χ0) is 34.2. The number of hydrogen-bond donors (Lipinski definition) is 14. The Morgan fingerprint density at radius 2 is 1.09 bits per heavy atom. The lowest BCUT2D eigenvalue weighted by Gasteiger charge is -2.47. The fraction of sp³-hybridized carbons (Fsp3) is 0.958. The Labute approximate surface area is 259 Å². The summed E-state index contributed by atoms with van der Waals surface area (Å²) in [7, 11) is 0. The van der Waals surface area contributed by atoms with E-state index in [9.17, 15) is 71.2 Å². The van der Waals surface area contributed by atoms with Gasteiger partial charge in [0.2, 0.25) is 0 Å². The first-order valence-corrected chi connectivity index (χ1v) is 14.2. The van der Waals surface area contributed by atoms with E-state index in [0.29, 0.717) is 0 Å². The maximum absolute atomic E-state index is 11.6. The highest BCUT2D eigenvalue weighted by Crippen LogP contribution is 2.32. The minimum Gasteiger partial charge on any atom is -0.479 e. The van der Waals surface area contributed by atoms with Crippen molar-refractivity contribution in [1.82, 2.24) is 0 Å². The topological polar surface area (TPSA) is 371 Å². The second-order valence-corrected chi connectivity index (χ2v) is 11.3. The maximum atomic E-state index is 11.6. The highest BCUT2D eigenvalue weighted by atomic mass is 16.8. The van der Waals surface area contributed by atoms with Crippen molar-refractivity contribution >= 4 is 5.97 Å². The molecule has 15 N–H and O–H groups in total. The molecule has 4 fully saturated rings. The minimum atomic E-state index is -2.08. The molecule has 0 aromatic heterocycles. The van der Waals surface area contributed by atoms with E-state index in [-0.39, 0.29) is 0 Å². The van der Waals surface area contributed by atoms with Gasteiger partial charge in [0.15, 0.2) is 31.3 Å². The van der Waals surface area contributed by atoms with Gasteiger partial charge in [-0.15, -0.1) is 0 Å². The van der Waals surface area contributed by atoms with E-state index in [1.807, 2.05) is 0 Å². The van der Waals surface area contributed by atoms with Crippen LogP contribution in [0.15, 0.2) is 0 Å². The van der Waals surface area contributed by atoms with Crippen LogP contribution < -0.4 is 5.73 Å². The molecule has 0 aromatic rings. The number of carbonyl (C=O) groups is 1. The molecule has 0 radical (unpaired) electrons. The van der Waals surface area contributed by atoms with Crippen molar-refractivity contribution in [3.63, 3.8) is 0 Å². The Kier molecular flexibility index (Phi) is 12.6. The summed E-state index contributed by atoms with van der Waals surface area (Å²) in [5.74, 6) is -1.70. The smallest absolute Gasteiger partial charge is 0.335 e. The molecule has 22 heteroatoms. The number of aliphatic hydroxyl groups excluding tert-OH is 12. The molecule has 20 atom stereocenters. The zero-order valence-electron chi connectivity index (χ0n) is 23.8. The molecule has 46 heavy (non-hydrogen) atoms. The maximum Gasteiger partial charge on any atom is 0.335 e. The van der Waals surface area contributed by atoms with Gasteiger partial charge in [-0.3, -0.25) is 0 Å². The van der Waals surface area contributed by atoms with Crippen LogP contribution in [0.5, 0.6) is 0 Å². The molecule has 4 rings (SSSR count). The molecule has 0 amide bonds. The first-order chi connectivity index (χ1) is 21.6. The Hall–Kier alpha value is -1.33. The van der Waals surface area contributed by atoms with E-state index in [1.165, 1.54) is 0 Å². The standard InChI is InChI=1S/C24H41NO21/c25-7-10(30)9(29)6(43-22(7)46-18-12(32)14(34)21(39)44-19(18)20(37)38)3-40-23-16(36)13(33)17(5(2-27)42-23)45-24-15(35)11(31)8(28)4(1-26)41-24/h4-19,21-24,26-36,39H,1-3,25H2,(H,37,38)/t4-,5-,6-,7-,8-,9-,10-,11+,12-,13-,14-,15-,16-,17+,18+,19+,21+,22-,23+,24-/m1/s1. The minimum absolute atomic E-state index is 0.733. The molecular weight excluding hydrogens is 638 g/mol. The fourth-order valence-corrected chi connectivity index (χ4v) is 5.45. The average molecular weight is 680 g/mol. The summed E-state index contributed by atoms with van der Waals surface area (Å²) in [4.78, 5) is 11.6. The van der Waals surface area contributed by atoms with Gasteiger partial charge in [0.1, 0.15) is 85.5 Å². The summed E-state index contributed by atoms with van der Waals surface area (Å²) < 4.78 is 37.4. The highest BCUT2D eigenvalue weighted by Gasteiger charge is 2.54. The normalized spacial score (nSPS) is 51.9. The largest absolute Gasteiger partial charge is 0.479 e. The Balaban J connectivity index is 1.41. The lowest BCUT2D eigenvalue weighted by molar-refractivity contribution is -0.365. The molecule has 0 saturated carbocycles. The lowest BCUT2D eigenvalue weighted by Crippen LogP contribution is -2.67. The monoisotopic (exact) mass is 679 g/mol. The number of nitrogens with two attached hydrogens (primary N) is 1. The van der Waals surface area contributed by atoms with Gasteiger partial charge in [-0.05, 0) is 0 Å². The van der Waals surface area contributed by atoms with Crippen LogP contribution in [-0.2, 0) is 38.0 Å². The van der Waals surface area contributed by atoms with Crippen LogP contribution in [0.4, 0.5) is 0 Å². The molecule has 4 aliphatic heterocycles. The van der Waals surface area contributed by atoms with E-state index in [0.717, 1.165) is 0 Å². The van der Waals surface area contributed by atoms with E-state index >= 15 is 0 Å². The summed E-state index contributed by atoms with van der Waals surface area (Å²) >= 11 is 0. The Bertz CT molecular complexity index is 993. The third-order valence-electron chi connectivity index (χ3n) is 8.23. The van der Waals surface area contributed by atoms with Gasteiger partial charge >= 0.3 is 5.97 Å². The van der Waals surface area contributed by atoms with Crippen LogP contribution in [0.2, 0.25) is 0 Å². The van der Waals surface area contributed by atoms with E-state index in [4.69, 9.17) is 38.9 Å². The van der Waals surface area contributed by atoms with Gasteiger partial charge in [0.25, 0.3) is 0 Å². The number of rotatable bonds is 10. The number of carboxylic acids is 1. The molecule has 0 aromatic carbocycles. The first kappa shape index (κ1) is 37.5. The van der Waals surface area contributed by atoms with Crippen LogP contribution in [0.3, 0.4) is 0 Å². The van der Waals surface area contributed by atoms with E-state index < -0.39 is 149 Å². The fourth-order valence-electron chi connectivity index (χ4n) is 5.45.